The number of nitrogens with two attached hydrogens (primary N) is 1. The van der Waals surface area contributed by atoms with Crippen molar-refractivity contribution in [2.75, 3.05) is 0 Å². The Kier molecular flexibility index (Phi) is 3.18. The normalized spacial score (nSPS) is 16.2. The third-order valence-electron chi connectivity index (χ3n) is 4.14. The number of furan rings is 1. The van der Waals surface area contributed by atoms with E-state index in [0.717, 1.165) is 5.39 Å². The lowest BCUT2D eigenvalue weighted by molar-refractivity contribution is -0.384. The summed E-state index contributed by atoms with van der Waals surface area (Å²) in [5.41, 5.74) is 7.16. The lowest BCUT2D eigenvalue weighted by Gasteiger charge is -2.22. The number of hydrogen-bond acceptors (Lipinski definition) is 6. The fraction of sp³-hybridized carbons (Fsp3) is 0.0556. The number of nitriles is 1. The summed E-state index contributed by atoms with van der Waals surface area (Å²) < 4.78 is 11.5. The third kappa shape index (κ3) is 2.20. The van der Waals surface area contributed by atoms with Crippen molar-refractivity contribution in [1.82, 2.24) is 0 Å². The molecule has 7 nitrogen and oxygen atoms in total. The van der Waals surface area contributed by atoms with E-state index in [2.05, 4.69) is 0 Å². The highest BCUT2D eigenvalue weighted by Gasteiger charge is 2.36. The first-order valence-electron chi connectivity index (χ1n) is 7.43. The summed E-state index contributed by atoms with van der Waals surface area (Å²) in [6.07, 6.45) is 0. The molecule has 122 valence electrons. The van der Waals surface area contributed by atoms with Gasteiger partial charge in [-0.05, 0) is 17.7 Å². The summed E-state index contributed by atoms with van der Waals surface area (Å²) in [7, 11) is 0. The first-order valence-corrected chi connectivity index (χ1v) is 7.43. The lowest BCUT2D eigenvalue weighted by atomic mass is 9.87. The van der Waals surface area contributed by atoms with Crippen molar-refractivity contribution in [1.29, 1.82) is 5.26 Å². The van der Waals surface area contributed by atoms with Crippen molar-refractivity contribution >= 4 is 16.7 Å². The number of benzene rings is 2. The molecule has 2 heterocycles. The zero-order valence-corrected chi connectivity index (χ0v) is 12.8. The number of hydrogen-bond donors (Lipinski definition) is 1. The van der Waals surface area contributed by atoms with Crippen LogP contribution in [0.2, 0.25) is 0 Å². The number of rotatable bonds is 2. The molecule has 25 heavy (non-hydrogen) atoms. The topological polar surface area (TPSA) is 115 Å². The van der Waals surface area contributed by atoms with Crippen LogP contribution in [-0.4, -0.2) is 4.92 Å². The molecule has 7 heteroatoms. The highest BCUT2D eigenvalue weighted by molar-refractivity contribution is 5.87. The van der Waals surface area contributed by atoms with E-state index in [-0.39, 0.29) is 17.1 Å². The van der Waals surface area contributed by atoms with Crippen LogP contribution in [0.1, 0.15) is 17.2 Å². The number of nitro benzene ring substituents is 1. The Morgan fingerprint density at radius 3 is 2.76 bits per heavy atom. The number of fused-ring (bicyclic) bond motifs is 3. The standard InChI is InChI=1S/C18H11N3O4/c19-9-13-15(10-4-3-5-11(8-10)21(22)23)17-16(25-18(13)20)12-6-1-2-7-14(12)24-17/h1-8,15H,20H2. The van der Waals surface area contributed by atoms with Gasteiger partial charge in [-0.25, -0.2) is 0 Å². The predicted molar refractivity (Wildman–Crippen MR) is 88.6 cm³/mol. The average Bonchev–Trinajstić information content (AvgIpc) is 2.98. The van der Waals surface area contributed by atoms with Crippen molar-refractivity contribution in [2.24, 2.45) is 5.73 Å². The van der Waals surface area contributed by atoms with E-state index >= 15 is 0 Å². The molecule has 2 N–H and O–H groups in total. The molecular weight excluding hydrogens is 322 g/mol. The fourth-order valence-electron chi connectivity index (χ4n) is 3.03. The summed E-state index contributed by atoms with van der Waals surface area (Å²) in [4.78, 5) is 10.6. The second-order valence-electron chi connectivity index (χ2n) is 5.57. The Bertz CT molecular complexity index is 1090. The molecule has 0 bridgehead atoms. The largest absolute Gasteiger partial charge is 0.456 e. The van der Waals surface area contributed by atoms with Crippen LogP contribution in [0.25, 0.3) is 11.0 Å². The fourth-order valence-corrected chi connectivity index (χ4v) is 3.03. The van der Waals surface area contributed by atoms with Crippen LogP contribution in [0.4, 0.5) is 5.69 Å². The van der Waals surface area contributed by atoms with Crippen LogP contribution in [0.15, 0.2) is 64.4 Å². The van der Waals surface area contributed by atoms with E-state index in [9.17, 15) is 15.4 Å². The Labute approximate surface area is 141 Å². The maximum absolute atomic E-state index is 11.1. The molecule has 1 atom stereocenters. The first-order chi connectivity index (χ1) is 12.1. The minimum atomic E-state index is -0.666. The summed E-state index contributed by atoms with van der Waals surface area (Å²) >= 11 is 0. The molecule has 0 saturated carbocycles. The van der Waals surface area contributed by atoms with Crippen molar-refractivity contribution < 1.29 is 14.1 Å². The van der Waals surface area contributed by atoms with Crippen LogP contribution >= 0.6 is 0 Å². The maximum Gasteiger partial charge on any atom is 0.269 e. The summed E-state index contributed by atoms with van der Waals surface area (Å²) in [6, 6.07) is 15.4. The summed E-state index contributed by atoms with van der Waals surface area (Å²) in [5, 5.41) is 21.4. The summed E-state index contributed by atoms with van der Waals surface area (Å²) in [5.74, 6) is 0.148. The summed E-state index contributed by atoms with van der Waals surface area (Å²) in [6.45, 7) is 0. The van der Waals surface area contributed by atoms with Crippen LogP contribution in [0.5, 0.6) is 5.75 Å². The molecule has 0 aliphatic carbocycles. The number of allylic oxidation sites excluding steroid dienone is 1. The van der Waals surface area contributed by atoms with Gasteiger partial charge in [-0.3, -0.25) is 10.1 Å². The molecule has 1 aromatic heterocycles. The zero-order chi connectivity index (χ0) is 17.6. The minimum Gasteiger partial charge on any atom is -0.456 e. The van der Waals surface area contributed by atoms with Crippen LogP contribution < -0.4 is 10.5 Å². The molecule has 1 aliphatic heterocycles. The monoisotopic (exact) mass is 333 g/mol. The number of non-ortho nitro benzene ring substituents is 1. The van der Waals surface area contributed by atoms with Crippen molar-refractivity contribution in [2.45, 2.75) is 5.92 Å². The van der Waals surface area contributed by atoms with E-state index in [1.807, 2.05) is 24.3 Å². The smallest absolute Gasteiger partial charge is 0.269 e. The lowest BCUT2D eigenvalue weighted by Crippen LogP contribution is -2.20. The van der Waals surface area contributed by atoms with E-state index in [4.69, 9.17) is 14.9 Å². The van der Waals surface area contributed by atoms with Crippen molar-refractivity contribution in [3.05, 3.63) is 81.4 Å². The molecule has 4 rings (SSSR count). The van der Waals surface area contributed by atoms with Gasteiger partial charge >= 0.3 is 0 Å². The van der Waals surface area contributed by atoms with Gasteiger partial charge in [-0.15, -0.1) is 0 Å². The average molecular weight is 333 g/mol. The van der Waals surface area contributed by atoms with Gasteiger partial charge < -0.3 is 14.9 Å². The molecule has 0 spiro atoms. The molecule has 1 unspecified atom stereocenters. The van der Waals surface area contributed by atoms with Gasteiger partial charge in [0.15, 0.2) is 11.5 Å². The second kappa shape index (κ2) is 5.39. The Morgan fingerprint density at radius 2 is 2.00 bits per heavy atom. The van der Waals surface area contributed by atoms with Gasteiger partial charge in [0.25, 0.3) is 5.69 Å². The van der Waals surface area contributed by atoms with Gasteiger partial charge in [0.1, 0.15) is 17.2 Å². The third-order valence-corrected chi connectivity index (χ3v) is 4.14. The van der Waals surface area contributed by atoms with Gasteiger partial charge in [0, 0.05) is 12.1 Å². The zero-order valence-electron chi connectivity index (χ0n) is 12.8. The van der Waals surface area contributed by atoms with Gasteiger partial charge in [0.2, 0.25) is 5.88 Å². The van der Waals surface area contributed by atoms with Gasteiger partial charge in [-0.2, -0.15) is 5.26 Å². The molecule has 0 radical (unpaired) electrons. The second-order valence-corrected chi connectivity index (χ2v) is 5.57. The Hall–Kier alpha value is -3.79. The van der Waals surface area contributed by atoms with Crippen molar-refractivity contribution in [3.63, 3.8) is 0 Å². The number of ether oxygens (including phenoxy) is 1. The van der Waals surface area contributed by atoms with Crippen LogP contribution in [0.3, 0.4) is 0 Å². The minimum absolute atomic E-state index is 0.0296. The van der Waals surface area contributed by atoms with Crippen LogP contribution in [-0.2, 0) is 0 Å². The van der Waals surface area contributed by atoms with E-state index in [1.54, 1.807) is 18.2 Å². The predicted octanol–water partition coefficient (Wildman–Crippen LogP) is 3.56. The first kappa shape index (κ1) is 14.8. The maximum atomic E-state index is 11.1. The highest BCUT2D eigenvalue weighted by Crippen LogP contribution is 2.47. The number of nitrogens with zero attached hydrogens (tertiary/aromatic N) is 2. The Balaban J connectivity index is 1.99. The van der Waals surface area contributed by atoms with E-state index < -0.39 is 10.8 Å². The molecule has 0 fully saturated rings. The SMILES string of the molecule is N#CC1=C(N)Oc2c(oc3ccccc23)C1c1cccc([N+](=O)[O-])c1. The van der Waals surface area contributed by atoms with E-state index in [1.165, 1.54) is 12.1 Å². The van der Waals surface area contributed by atoms with Crippen molar-refractivity contribution in [3.8, 4) is 11.8 Å². The highest BCUT2D eigenvalue weighted by atomic mass is 16.6. The molecule has 1 aliphatic rings. The van der Waals surface area contributed by atoms with E-state index in [0.29, 0.717) is 22.7 Å². The molecular formula is C18H11N3O4. The van der Waals surface area contributed by atoms with Gasteiger partial charge in [0.05, 0.1) is 16.2 Å². The molecule has 3 aromatic rings. The molecule has 0 amide bonds. The number of para-hydroxylation sites is 1. The van der Waals surface area contributed by atoms with Gasteiger partial charge in [-0.1, -0.05) is 24.3 Å². The Morgan fingerprint density at radius 1 is 1.20 bits per heavy atom. The quantitative estimate of drug-likeness (QED) is 0.566. The molecule has 0 saturated heterocycles. The number of nitro groups is 1. The molecule has 2 aromatic carbocycles. The van der Waals surface area contributed by atoms with Crippen LogP contribution in [0, 0.1) is 21.4 Å².